The lowest BCUT2D eigenvalue weighted by Crippen LogP contribution is -2.09. The van der Waals surface area contributed by atoms with Crippen molar-refractivity contribution in [3.05, 3.63) is 53.9 Å². The van der Waals surface area contributed by atoms with E-state index in [9.17, 15) is 0 Å². The van der Waals surface area contributed by atoms with Gasteiger partial charge in [-0.3, -0.25) is 4.68 Å². The fourth-order valence-corrected chi connectivity index (χ4v) is 2.19. The Bertz CT molecular complexity index is 446. The van der Waals surface area contributed by atoms with Gasteiger partial charge < -0.3 is 0 Å². The first-order chi connectivity index (χ1) is 8.33. The molecule has 1 aromatic carbocycles. The van der Waals surface area contributed by atoms with Gasteiger partial charge in [-0.1, -0.05) is 37.6 Å². The molecule has 0 radical (unpaired) electrons. The van der Waals surface area contributed by atoms with Gasteiger partial charge in [0.25, 0.3) is 0 Å². The minimum absolute atomic E-state index is 0.318. The van der Waals surface area contributed by atoms with E-state index in [4.69, 9.17) is 0 Å². The Morgan fingerprint density at radius 1 is 1.24 bits per heavy atom. The topological polar surface area (TPSA) is 17.8 Å². The van der Waals surface area contributed by atoms with Crippen LogP contribution in [0.4, 0.5) is 0 Å². The van der Waals surface area contributed by atoms with Crippen molar-refractivity contribution in [2.75, 3.05) is 0 Å². The number of rotatable bonds is 5. The van der Waals surface area contributed by atoms with Crippen LogP contribution in [0.3, 0.4) is 0 Å². The molecule has 0 fully saturated rings. The molecule has 0 saturated heterocycles. The van der Waals surface area contributed by atoms with Crippen LogP contribution in [-0.4, -0.2) is 9.78 Å². The van der Waals surface area contributed by atoms with Gasteiger partial charge in [-0.15, -0.1) is 0 Å². The summed E-state index contributed by atoms with van der Waals surface area (Å²) in [7, 11) is 0. The summed E-state index contributed by atoms with van der Waals surface area (Å²) in [5, 5.41) is 4.33. The van der Waals surface area contributed by atoms with Gasteiger partial charge in [0.05, 0.1) is 6.04 Å². The van der Waals surface area contributed by atoms with Gasteiger partial charge in [-0.05, 0) is 37.0 Å². The minimum atomic E-state index is 0.318. The molecule has 0 N–H and O–H groups in total. The molecular formula is C15H20N2. The molecule has 0 aliphatic carbocycles. The number of aryl methyl sites for hydroxylation is 1. The number of hydrogen-bond acceptors (Lipinski definition) is 1. The number of hydrogen-bond donors (Lipinski definition) is 0. The SMILES string of the molecule is CCCCc1ccccc1C(C)n1cccn1. The van der Waals surface area contributed by atoms with Crippen LogP contribution in [0.1, 0.15) is 43.9 Å². The third-order valence-electron chi connectivity index (χ3n) is 3.23. The van der Waals surface area contributed by atoms with E-state index in [1.807, 2.05) is 23.1 Å². The molecule has 17 heavy (non-hydrogen) atoms. The largest absolute Gasteiger partial charge is 0.266 e. The van der Waals surface area contributed by atoms with Gasteiger partial charge in [0.15, 0.2) is 0 Å². The second-order valence-electron chi connectivity index (χ2n) is 4.46. The van der Waals surface area contributed by atoms with Crippen LogP contribution in [0.5, 0.6) is 0 Å². The zero-order valence-corrected chi connectivity index (χ0v) is 10.6. The second kappa shape index (κ2) is 5.67. The lowest BCUT2D eigenvalue weighted by molar-refractivity contribution is 0.558. The summed E-state index contributed by atoms with van der Waals surface area (Å²) >= 11 is 0. The zero-order chi connectivity index (χ0) is 12.1. The highest BCUT2D eigenvalue weighted by atomic mass is 15.3. The summed E-state index contributed by atoms with van der Waals surface area (Å²) in [4.78, 5) is 0. The van der Waals surface area contributed by atoms with Crippen LogP contribution in [0, 0.1) is 0 Å². The molecule has 1 heterocycles. The zero-order valence-electron chi connectivity index (χ0n) is 10.6. The Hall–Kier alpha value is -1.57. The van der Waals surface area contributed by atoms with Crippen LogP contribution < -0.4 is 0 Å². The van der Waals surface area contributed by atoms with Crippen molar-refractivity contribution in [2.24, 2.45) is 0 Å². The van der Waals surface area contributed by atoms with E-state index in [2.05, 4.69) is 43.2 Å². The van der Waals surface area contributed by atoms with Crippen LogP contribution >= 0.6 is 0 Å². The first kappa shape index (κ1) is 11.9. The first-order valence-corrected chi connectivity index (χ1v) is 6.40. The van der Waals surface area contributed by atoms with Gasteiger partial charge in [0.2, 0.25) is 0 Å². The molecule has 90 valence electrons. The smallest absolute Gasteiger partial charge is 0.0742 e. The predicted molar refractivity (Wildman–Crippen MR) is 71.1 cm³/mol. The van der Waals surface area contributed by atoms with Crippen molar-refractivity contribution in [1.29, 1.82) is 0 Å². The van der Waals surface area contributed by atoms with Crippen molar-refractivity contribution in [3.63, 3.8) is 0 Å². The Balaban J connectivity index is 2.25. The maximum absolute atomic E-state index is 4.33. The molecule has 0 saturated carbocycles. The Morgan fingerprint density at radius 3 is 2.76 bits per heavy atom. The molecule has 2 rings (SSSR count). The molecule has 2 heteroatoms. The maximum atomic E-state index is 4.33. The second-order valence-corrected chi connectivity index (χ2v) is 4.46. The highest BCUT2D eigenvalue weighted by Crippen LogP contribution is 2.22. The van der Waals surface area contributed by atoms with E-state index in [1.165, 1.54) is 24.0 Å². The number of aromatic nitrogens is 2. The van der Waals surface area contributed by atoms with Crippen molar-refractivity contribution >= 4 is 0 Å². The van der Waals surface area contributed by atoms with Gasteiger partial charge in [0.1, 0.15) is 0 Å². The van der Waals surface area contributed by atoms with Crippen molar-refractivity contribution < 1.29 is 0 Å². The van der Waals surface area contributed by atoms with Gasteiger partial charge in [-0.25, -0.2) is 0 Å². The fraction of sp³-hybridized carbons (Fsp3) is 0.400. The molecule has 0 aliphatic heterocycles. The maximum Gasteiger partial charge on any atom is 0.0742 e. The van der Waals surface area contributed by atoms with Gasteiger partial charge >= 0.3 is 0 Å². The Kier molecular flexibility index (Phi) is 3.97. The van der Waals surface area contributed by atoms with Crippen LogP contribution in [0.2, 0.25) is 0 Å². The summed E-state index contributed by atoms with van der Waals surface area (Å²) in [6.45, 7) is 4.44. The molecule has 1 atom stereocenters. The Morgan fingerprint density at radius 2 is 2.06 bits per heavy atom. The fourth-order valence-electron chi connectivity index (χ4n) is 2.19. The number of benzene rings is 1. The Labute approximate surface area is 103 Å². The molecule has 0 bridgehead atoms. The predicted octanol–water partition coefficient (Wildman–Crippen LogP) is 3.84. The summed E-state index contributed by atoms with van der Waals surface area (Å²) in [6, 6.07) is 11.0. The lowest BCUT2D eigenvalue weighted by Gasteiger charge is -2.17. The average Bonchev–Trinajstić information content (AvgIpc) is 2.89. The lowest BCUT2D eigenvalue weighted by atomic mass is 9.97. The number of nitrogens with zero attached hydrogens (tertiary/aromatic N) is 2. The van der Waals surface area contributed by atoms with Crippen LogP contribution in [-0.2, 0) is 6.42 Å². The van der Waals surface area contributed by atoms with Crippen molar-refractivity contribution in [3.8, 4) is 0 Å². The molecular weight excluding hydrogens is 208 g/mol. The van der Waals surface area contributed by atoms with E-state index in [0.29, 0.717) is 6.04 Å². The first-order valence-electron chi connectivity index (χ1n) is 6.40. The summed E-state index contributed by atoms with van der Waals surface area (Å²) < 4.78 is 2.02. The molecule has 0 amide bonds. The third-order valence-corrected chi connectivity index (χ3v) is 3.23. The highest BCUT2D eigenvalue weighted by Gasteiger charge is 2.11. The highest BCUT2D eigenvalue weighted by molar-refractivity contribution is 5.30. The molecule has 1 aromatic heterocycles. The molecule has 0 aliphatic rings. The average molecular weight is 228 g/mol. The number of unbranched alkanes of at least 4 members (excludes halogenated alkanes) is 1. The quantitative estimate of drug-likeness (QED) is 0.760. The summed E-state index contributed by atoms with van der Waals surface area (Å²) in [6.07, 6.45) is 7.53. The van der Waals surface area contributed by atoms with Gasteiger partial charge in [-0.2, -0.15) is 5.10 Å². The molecule has 2 aromatic rings. The molecule has 2 nitrogen and oxygen atoms in total. The van der Waals surface area contributed by atoms with E-state index >= 15 is 0 Å². The molecule has 0 spiro atoms. The van der Waals surface area contributed by atoms with E-state index in [-0.39, 0.29) is 0 Å². The summed E-state index contributed by atoms with van der Waals surface area (Å²) in [5.74, 6) is 0. The monoisotopic (exact) mass is 228 g/mol. The van der Waals surface area contributed by atoms with Gasteiger partial charge in [0, 0.05) is 12.4 Å². The molecule has 1 unspecified atom stereocenters. The normalized spacial score (nSPS) is 12.6. The van der Waals surface area contributed by atoms with Crippen molar-refractivity contribution in [1.82, 2.24) is 9.78 Å². The van der Waals surface area contributed by atoms with Crippen LogP contribution in [0.15, 0.2) is 42.7 Å². The van der Waals surface area contributed by atoms with Crippen LogP contribution in [0.25, 0.3) is 0 Å². The minimum Gasteiger partial charge on any atom is -0.266 e. The van der Waals surface area contributed by atoms with E-state index < -0.39 is 0 Å². The van der Waals surface area contributed by atoms with E-state index in [0.717, 1.165) is 6.42 Å². The summed E-state index contributed by atoms with van der Waals surface area (Å²) in [5.41, 5.74) is 2.85. The third kappa shape index (κ3) is 2.76. The van der Waals surface area contributed by atoms with E-state index in [1.54, 1.807) is 0 Å². The standard InChI is InChI=1S/C15H20N2/c1-3-4-8-14-9-5-6-10-15(14)13(2)17-12-7-11-16-17/h5-7,9-13H,3-4,8H2,1-2H3. The van der Waals surface area contributed by atoms with Crippen molar-refractivity contribution in [2.45, 2.75) is 39.2 Å².